The fourth-order valence-electron chi connectivity index (χ4n) is 4.40. The third-order valence-electron chi connectivity index (χ3n) is 6.16. The second-order valence-corrected chi connectivity index (χ2v) is 10.0. The van der Waals surface area contributed by atoms with Gasteiger partial charge in [0.2, 0.25) is 0 Å². The molecule has 1 aliphatic carbocycles. The number of methoxy groups -OCH3 is 1. The van der Waals surface area contributed by atoms with Crippen LogP contribution in [0.5, 0.6) is 0 Å². The molecule has 1 unspecified atom stereocenters. The molecule has 0 saturated heterocycles. The Balaban J connectivity index is 1.94. The Bertz CT molecular complexity index is 637. The molecule has 0 aliphatic heterocycles. The summed E-state index contributed by atoms with van der Waals surface area (Å²) in [5.41, 5.74) is 1.78. The molecule has 0 spiro atoms. The van der Waals surface area contributed by atoms with Gasteiger partial charge in [0, 0.05) is 17.7 Å². The van der Waals surface area contributed by atoms with Crippen molar-refractivity contribution in [1.82, 2.24) is 0 Å². The Hall–Kier alpha value is -1.10. The van der Waals surface area contributed by atoms with Gasteiger partial charge >= 0.3 is 5.97 Å². The molecule has 1 aromatic carbocycles. The van der Waals surface area contributed by atoms with Crippen LogP contribution >= 0.6 is 11.6 Å². The number of unbranched alkanes of at least 4 members (excludes halogenated alkanes) is 3. The van der Waals surface area contributed by atoms with Crippen LogP contribution in [0.15, 0.2) is 24.3 Å². The van der Waals surface area contributed by atoms with Gasteiger partial charge in [0.1, 0.15) is 0 Å². The molecular weight excluding hydrogens is 388 g/mol. The summed E-state index contributed by atoms with van der Waals surface area (Å²) in [6.45, 7) is 6.06. The number of hydrogen-bond donors (Lipinski definition) is 2. The first kappa shape index (κ1) is 24.2. The lowest BCUT2D eigenvalue weighted by atomic mass is 9.81. The maximum Gasteiger partial charge on any atom is 0.305 e. The molecule has 4 nitrogen and oxygen atoms in total. The van der Waals surface area contributed by atoms with E-state index in [4.69, 9.17) is 11.6 Å². The van der Waals surface area contributed by atoms with E-state index < -0.39 is 12.2 Å². The van der Waals surface area contributed by atoms with E-state index in [9.17, 15) is 15.0 Å². The summed E-state index contributed by atoms with van der Waals surface area (Å²) in [6, 6.07) is 8.03. The summed E-state index contributed by atoms with van der Waals surface area (Å²) in [5.74, 6) is 0.129. The van der Waals surface area contributed by atoms with Crippen LogP contribution in [-0.4, -0.2) is 34.8 Å². The Morgan fingerprint density at radius 2 is 1.79 bits per heavy atom. The third kappa shape index (κ3) is 6.70. The first-order valence-corrected chi connectivity index (χ1v) is 11.3. The molecule has 0 amide bonds. The lowest BCUT2D eigenvalue weighted by molar-refractivity contribution is -0.140. The molecule has 5 heteroatoms. The molecule has 1 fully saturated rings. The normalized spacial score (nSPS) is 25.8. The smallest absolute Gasteiger partial charge is 0.305 e. The second kappa shape index (κ2) is 10.8. The minimum Gasteiger partial charge on any atom is -0.469 e. The first-order valence-electron chi connectivity index (χ1n) is 10.8. The predicted molar refractivity (Wildman–Crippen MR) is 117 cm³/mol. The summed E-state index contributed by atoms with van der Waals surface area (Å²) in [5, 5.41) is 21.1. The molecule has 29 heavy (non-hydrogen) atoms. The summed E-state index contributed by atoms with van der Waals surface area (Å²) in [6.07, 6.45) is 5.06. The van der Waals surface area contributed by atoms with E-state index >= 15 is 0 Å². The van der Waals surface area contributed by atoms with Crippen LogP contribution in [0.2, 0.25) is 0 Å². The lowest BCUT2D eigenvalue weighted by Crippen LogP contribution is -2.20. The van der Waals surface area contributed by atoms with Gasteiger partial charge in [-0.1, -0.05) is 64.3 Å². The molecule has 1 saturated carbocycles. The minimum atomic E-state index is -0.522. The number of aliphatic hydroxyl groups excluding tert-OH is 2. The van der Waals surface area contributed by atoms with Gasteiger partial charge in [-0.05, 0) is 41.7 Å². The largest absolute Gasteiger partial charge is 0.469 e. The second-order valence-electron chi connectivity index (χ2n) is 9.47. The van der Waals surface area contributed by atoms with Crippen molar-refractivity contribution in [2.24, 2.45) is 11.3 Å². The molecule has 0 bridgehead atoms. The average Bonchev–Trinajstić information content (AvgIpc) is 2.96. The van der Waals surface area contributed by atoms with E-state index in [1.54, 1.807) is 0 Å². The maximum atomic E-state index is 11.2. The molecular formula is C24H37ClO4. The van der Waals surface area contributed by atoms with E-state index in [-0.39, 0.29) is 28.6 Å². The van der Waals surface area contributed by atoms with Gasteiger partial charge in [-0.3, -0.25) is 4.79 Å². The fraction of sp³-hybridized carbons (Fsp3) is 0.708. The van der Waals surface area contributed by atoms with Gasteiger partial charge < -0.3 is 14.9 Å². The standard InChI is InChI=1S/C24H37ClO4/c1-24(2,3)23(28)17-13-11-16(12-14-17)22-18(19(25)15-20(22)26)9-7-5-6-8-10-21(27)29-4/h11-14,18-20,22-23,26,28H,5-10,15H2,1-4H3/t18-,19+,20+,22+,23?/m0/s1. The van der Waals surface area contributed by atoms with Crippen LogP contribution in [0.3, 0.4) is 0 Å². The van der Waals surface area contributed by atoms with Crippen LogP contribution in [0.4, 0.5) is 0 Å². The Morgan fingerprint density at radius 3 is 2.38 bits per heavy atom. The summed E-state index contributed by atoms with van der Waals surface area (Å²) in [4.78, 5) is 11.2. The number of rotatable bonds is 9. The summed E-state index contributed by atoms with van der Waals surface area (Å²) < 4.78 is 4.67. The summed E-state index contributed by atoms with van der Waals surface area (Å²) >= 11 is 6.60. The Kier molecular flexibility index (Phi) is 8.99. The van der Waals surface area contributed by atoms with Gasteiger partial charge in [0.25, 0.3) is 0 Å². The number of hydrogen-bond acceptors (Lipinski definition) is 4. The first-order chi connectivity index (χ1) is 13.6. The number of carbonyl (C=O) groups excluding carboxylic acids is 1. The topological polar surface area (TPSA) is 66.8 Å². The minimum absolute atomic E-state index is 0.0232. The fourth-order valence-corrected chi connectivity index (χ4v) is 4.86. The highest BCUT2D eigenvalue weighted by molar-refractivity contribution is 6.21. The molecule has 0 heterocycles. The lowest BCUT2D eigenvalue weighted by Gasteiger charge is -2.27. The average molecular weight is 425 g/mol. The van der Waals surface area contributed by atoms with Crippen LogP contribution < -0.4 is 0 Å². The number of carbonyl (C=O) groups is 1. The number of aliphatic hydroxyl groups is 2. The Labute approximate surface area is 180 Å². The molecule has 1 aliphatic rings. The van der Waals surface area contributed by atoms with E-state index in [0.717, 1.165) is 43.2 Å². The zero-order valence-electron chi connectivity index (χ0n) is 18.2. The van der Waals surface area contributed by atoms with Crippen molar-refractivity contribution in [3.05, 3.63) is 35.4 Å². The number of esters is 1. The van der Waals surface area contributed by atoms with Crippen molar-refractivity contribution in [3.63, 3.8) is 0 Å². The van der Waals surface area contributed by atoms with Crippen molar-refractivity contribution in [3.8, 4) is 0 Å². The van der Waals surface area contributed by atoms with Crippen LogP contribution in [0.1, 0.15) is 88.9 Å². The maximum absolute atomic E-state index is 11.2. The molecule has 2 N–H and O–H groups in total. The zero-order chi connectivity index (χ0) is 21.6. The number of halogens is 1. The summed E-state index contributed by atoms with van der Waals surface area (Å²) in [7, 11) is 1.42. The van der Waals surface area contributed by atoms with Crippen LogP contribution in [0, 0.1) is 11.3 Å². The van der Waals surface area contributed by atoms with Crippen molar-refractivity contribution in [1.29, 1.82) is 0 Å². The molecule has 1 aromatic rings. The van der Waals surface area contributed by atoms with Gasteiger partial charge in [0.15, 0.2) is 0 Å². The quantitative estimate of drug-likeness (QED) is 0.318. The van der Waals surface area contributed by atoms with Gasteiger partial charge in [-0.2, -0.15) is 0 Å². The molecule has 5 atom stereocenters. The molecule has 2 rings (SSSR count). The van der Waals surface area contributed by atoms with Crippen molar-refractivity contribution < 1.29 is 19.7 Å². The zero-order valence-corrected chi connectivity index (χ0v) is 19.0. The van der Waals surface area contributed by atoms with E-state index in [1.165, 1.54) is 7.11 Å². The SMILES string of the molecule is COC(=O)CCCCCC[C@@H]1[C@@H](c2ccc(C(O)C(C)(C)C)cc2)[C@H](O)C[C@H]1Cl. The van der Waals surface area contributed by atoms with Crippen molar-refractivity contribution >= 4 is 17.6 Å². The predicted octanol–water partition coefficient (Wildman–Crippen LogP) is 5.35. The number of benzene rings is 1. The van der Waals surface area contributed by atoms with Gasteiger partial charge in [-0.15, -0.1) is 11.6 Å². The van der Waals surface area contributed by atoms with Crippen molar-refractivity contribution in [2.45, 2.75) is 89.2 Å². The highest BCUT2D eigenvalue weighted by Crippen LogP contribution is 2.45. The molecule has 0 aromatic heterocycles. The molecule has 164 valence electrons. The van der Waals surface area contributed by atoms with Crippen LogP contribution in [0.25, 0.3) is 0 Å². The van der Waals surface area contributed by atoms with E-state index in [1.807, 2.05) is 45.0 Å². The van der Waals surface area contributed by atoms with Gasteiger partial charge in [-0.25, -0.2) is 0 Å². The van der Waals surface area contributed by atoms with E-state index in [0.29, 0.717) is 12.8 Å². The van der Waals surface area contributed by atoms with Crippen molar-refractivity contribution in [2.75, 3.05) is 7.11 Å². The van der Waals surface area contributed by atoms with E-state index in [2.05, 4.69) is 4.74 Å². The van der Waals surface area contributed by atoms with Gasteiger partial charge in [0.05, 0.1) is 19.3 Å². The Morgan fingerprint density at radius 1 is 1.17 bits per heavy atom. The highest BCUT2D eigenvalue weighted by Gasteiger charge is 2.42. The third-order valence-corrected chi connectivity index (χ3v) is 6.66. The number of alkyl halides is 1. The monoisotopic (exact) mass is 424 g/mol. The van der Waals surface area contributed by atoms with Crippen LogP contribution in [-0.2, 0) is 9.53 Å². The highest BCUT2D eigenvalue weighted by atomic mass is 35.5. The number of ether oxygens (including phenoxy) is 1. The molecule has 0 radical (unpaired) electrons.